The Morgan fingerprint density at radius 1 is 1.12 bits per heavy atom. The number of nitrogens with one attached hydrogen (secondary N) is 1. The molecule has 1 saturated heterocycles. The van der Waals surface area contributed by atoms with E-state index in [2.05, 4.69) is 46.5 Å². The second kappa shape index (κ2) is 10.1. The summed E-state index contributed by atoms with van der Waals surface area (Å²) in [6.07, 6.45) is 2.22. The number of rotatable bonds is 7. The van der Waals surface area contributed by atoms with E-state index < -0.39 is 0 Å². The number of hydrogen-bond donors (Lipinski definition) is 1. The van der Waals surface area contributed by atoms with Gasteiger partial charge in [0.25, 0.3) is 5.91 Å². The smallest absolute Gasteiger partial charge is 0.254 e. The number of benzene rings is 2. The van der Waals surface area contributed by atoms with Crippen LogP contribution in [0, 0.1) is 12.7 Å². The number of aromatic nitrogens is 2. The maximum Gasteiger partial charge on any atom is 0.254 e. The van der Waals surface area contributed by atoms with Crippen LogP contribution in [0.2, 0.25) is 0 Å². The topological polar surface area (TPSA) is 59.4 Å². The van der Waals surface area contributed by atoms with Crippen LogP contribution in [0.25, 0.3) is 5.69 Å². The lowest BCUT2D eigenvalue weighted by molar-refractivity contribution is 0.0162. The van der Waals surface area contributed by atoms with Crippen LogP contribution in [0.15, 0.2) is 54.7 Å². The zero-order valence-electron chi connectivity index (χ0n) is 18.6. The van der Waals surface area contributed by atoms with Gasteiger partial charge in [0.1, 0.15) is 5.82 Å². The SMILES string of the molecule is CCc1c(C(=O)NCC(c2ccc(C)cc2)N2CCOCC2)cnn1-c1ccc(F)cc1. The third-order valence-electron chi connectivity index (χ3n) is 5.92. The Hall–Kier alpha value is -3.03. The second-order valence-electron chi connectivity index (χ2n) is 8.03. The molecule has 32 heavy (non-hydrogen) atoms. The van der Waals surface area contributed by atoms with E-state index in [0.717, 1.165) is 24.5 Å². The van der Waals surface area contributed by atoms with Gasteiger partial charge in [-0.25, -0.2) is 9.07 Å². The number of aryl methyl sites for hydroxylation is 1. The Morgan fingerprint density at radius 3 is 2.47 bits per heavy atom. The molecule has 2 heterocycles. The molecule has 1 unspecified atom stereocenters. The Morgan fingerprint density at radius 2 is 1.81 bits per heavy atom. The van der Waals surface area contributed by atoms with Gasteiger partial charge in [-0.3, -0.25) is 9.69 Å². The summed E-state index contributed by atoms with van der Waals surface area (Å²) >= 11 is 0. The largest absolute Gasteiger partial charge is 0.379 e. The van der Waals surface area contributed by atoms with Gasteiger partial charge in [-0.05, 0) is 43.2 Å². The van der Waals surface area contributed by atoms with Crippen LogP contribution < -0.4 is 5.32 Å². The second-order valence-corrected chi connectivity index (χ2v) is 8.03. The number of morpholine rings is 1. The minimum Gasteiger partial charge on any atom is -0.379 e. The maximum atomic E-state index is 13.3. The average molecular weight is 437 g/mol. The summed E-state index contributed by atoms with van der Waals surface area (Å²) in [6.45, 7) is 7.60. The van der Waals surface area contributed by atoms with E-state index in [0.29, 0.717) is 31.7 Å². The Kier molecular flexibility index (Phi) is 6.97. The molecule has 1 aliphatic rings. The summed E-state index contributed by atoms with van der Waals surface area (Å²) in [5.74, 6) is -0.456. The highest BCUT2D eigenvalue weighted by molar-refractivity contribution is 5.95. The highest BCUT2D eigenvalue weighted by Crippen LogP contribution is 2.22. The van der Waals surface area contributed by atoms with Crippen LogP contribution in [0.5, 0.6) is 0 Å². The summed E-state index contributed by atoms with van der Waals surface area (Å²) in [4.78, 5) is 15.5. The van der Waals surface area contributed by atoms with E-state index >= 15 is 0 Å². The van der Waals surface area contributed by atoms with Crippen molar-refractivity contribution in [3.63, 3.8) is 0 Å². The molecule has 0 bridgehead atoms. The number of ether oxygens (including phenoxy) is 1. The van der Waals surface area contributed by atoms with Crippen LogP contribution in [0.4, 0.5) is 4.39 Å². The molecule has 1 aromatic heterocycles. The van der Waals surface area contributed by atoms with Crippen molar-refractivity contribution < 1.29 is 13.9 Å². The van der Waals surface area contributed by atoms with Gasteiger partial charge in [0.15, 0.2) is 0 Å². The van der Waals surface area contributed by atoms with E-state index in [9.17, 15) is 9.18 Å². The third kappa shape index (κ3) is 4.89. The molecule has 3 aromatic rings. The van der Waals surface area contributed by atoms with Crippen molar-refractivity contribution in [3.8, 4) is 5.69 Å². The maximum absolute atomic E-state index is 13.3. The third-order valence-corrected chi connectivity index (χ3v) is 5.92. The summed E-state index contributed by atoms with van der Waals surface area (Å²) < 4.78 is 20.5. The molecule has 0 aliphatic carbocycles. The van der Waals surface area contributed by atoms with Gasteiger partial charge in [0, 0.05) is 19.6 Å². The van der Waals surface area contributed by atoms with Crippen LogP contribution in [-0.4, -0.2) is 53.4 Å². The molecule has 1 N–H and O–H groups in total. The molecule has 0 spiro atoms. The van der Waals surface area contributed by atoms with Crippen LogP contribution in [-0.2, 0) is 11.2 Å². The van der Waals surface area contributed by atoms with E-state index in [1.165, 1.54) is 23.3 Å². The highest BCUT2D eigenvalue weighted by atomic mass is 19.1. The van der Waals surface area contributed by atoms with Gasteiger partial charge in [-0.15, -0.1) is 0 Å². The lowest BCUT2D eigenvalue weighted by Crippen LogP contribution is -2.43. The summed E-state index contributed by atoms with van der Waals surface area (Å²) in [7, 11) is 0. The highest BCUT2D eigenvalue weighted by Gasteiger charge is 2.24. The normalized spacial score (nSPS) is 15.5. The quantitative estimate of drug-likeness (QED) is 0.614. The van der Waals surface area contributed by atoms with Crippen molar-refractivity contribution in [3.05, 3.63) is 82.9 Å². The predicted molar refractivity (Wildman–Crippen MR) is 122 cm³/mol. The van der Waals surface area contributed by atoms with Gasteiger partial charge >= 0.3 is 0 Å². The van der Waals surface area contributed by atoms with Crippen molar-refractivity contribution in [2.24, 2.45) is 0 Å². The van der Waals surface area contributed by atoms with E-state index in [1.54, 1.807) is 23.0 Å². The van der Waals surface area contributed by atoms with Gasteiger partial charge in [-0.2, -0.15) is 5.10 Å². The molecule has 0 saturated carbocycles. The first-order valence-electron chi connectivity index (χ1n) is 11.1. The van der Waals surface area contributed by atoms with Gasteiger partial charge < -0.3 is 10.1 Å². The summed E-state index contributed by atoms with van der Waals surface area (Å²) in [6, 6.07) is 14.6. The van der Waals surface area contributed by atoms with Crippen molar-refractivity contribution in [1.82, 2.24) is 20.0 Å². The minimum absolute atomic E-state index is 0.0701. The standard InChI is InChI=1S/C25H29FN4O2/c1-3-23-22(16-28-30(23)21-10-8-20(26)9-11-21)25(31)27-17-24(29-12-14-32-15-13-29)19-6-4-18(2)5-7-19/h4-11,16,24H,3,12-15,17H2,1-2H3,(H,27,31). The van der Waals surface area contributed by atoms with Crippen LogP contribution >= 0.6 is 0 Å². The Labute approximate surface area is 188 Å². The van der Waals surface area contributed by atoms with Gasteiger partial charge in [0.05, 0.1) is 42.4 Å². The van der Waals surface area contributed by atoms with Gasteiger partial charge in [-0.1, -0.05) is 36.8 Å². The van der Waals surface area contributed by atoms with Crippen molar-refractivity contribution >= 4 is 5.91 Å². The number of nitrogens with zero attached hydrogens (tertiary/aromatic N) is 3. The molecule has 4 rings (SSSR count). The first-order chi connectivity index (χ1) is 15.6. The number of carbonyl (C=O) groups excluding carboxylic acids is 1. The molecule has 6 nitrogen and oxygen atoms in total. The fourth-order valence-corrected chi connectivity index (χ4v) is 4.13. The van der Waals surface area contributed by atoms with E-state index in [-0.39, 0.29) is 17.8 Å². The Bertz CT molecular complexity index is 1040. The fraction of sp³-hybridized carbons (Fsp3) is 0.360. The summed E-state index contributed by atoms with van der Waals surface area (Å²) in [5.41, 5.74) is 4.46. The number of amides is 1. The lowest BCUT2D eigenvalue weighted by atomic mass is 10.0. The first kappa shape index (κ1) is 22.2. The molecule has 1 atom stereocenters. The molecule has 1 fully saturated rings. The van der Waals surface area contributed by atoms with Crippen molar-refractivity contribution in [2.75, 3.05) is 32.8 Å². The number of carbonyl (C=O) groups is 1. The average Bonchev–Trinajstić information content (AvgIpc) is 3.25. The zero-order valence-corrected chi connectivity index (χ0v) is 18.6. The first-order valence-corrected chi connectivity index (χ1v) is 11.1. The molecule has 1 amide bonds. The molecule has 168 valence electrons. The minimum atomic E-state index is -0.304. The van der Waals surface area contributed by atoms with Crippen LogP contribution in [0.3, 0.4) is 0 Å². The number of halogens is 1. The molecule has 1 aliphatic heterocycles. The monoisotopic (exact) mass is 436 g/mol. The fourth-order valence-electron chi connectivity index (χ4n) is 4.13. The Balaban J connectivity index is 1.53. The molecule has 7 heteroatoms. The molecular formula is C25H29FN4O2. The van der Waals surface area contributed by atoms with Crippen molar-refractivity contribution in [2.45, 2.75) is 26.3 Å². The van der Waals surface area contributed by atoms with E-state index in [4.69, 9.17) is 4.74 Å². The molecule has 2 aromatic carbocycles. The predicted octanol–water partition coefficient (Wildman–Crippen LogP) is 3.69. The van der Waals surface area contributed by atoms with Gasteiger partial charge in [0.2, 0.25) is 0 Å². The van der Waals surface area contributed by atoms with E-state index in [1.807, 2.05) is 6.92 Å². The zero-order chi connectivity index (χ0) is 22.5. The molecular weight excluding hydrogens is 407 g/mol. The number of hydrogen-bond acceptors (Lipinski definition) is 4. The van der Waals surface area contributed by atoms with Crippen LogP contribution in [0.1, 0.15) is 40.1 Å². The lowest BCUT2D eigenvalue weighted by Gasteiger charge is -2.35. The summed E-state index contributed by atoms with van der Waals surface area (Å²) in [5, 5.41) is 7.52. The van der Waals surface area contributed by atoms with Crippen molar-refractivity contribution in [1.29, 1.82) is 0 Å². The molecule has 0 radical (unpaired) electrons.